The van der Waals surface area contributed by atoms with Crippen molar-refractivity contribution in [1.82, 2.24) is 4.90 Å². The molecule has 2 aliphatic rings. The van der Waals surface area contributed by atoms with Crippen LogP contribution in [0, 0.1) is 23.5 Å². The summed E-state index contributed by atoms with van der Waals surface area (Å²) in [6.45, 7) is 5.93. The maximum Gasteiger partial charge on any atom is 0.303 e. The van der Waals surface area contributed by atoms with Crippen molar-refractivity contribution in [2.75, 3.05) is 19.0 Å². The molecule has 2 aromatic carbocycles. The van der Waals surface area contributed by atoms with E-state index in [-0.39, 0.29) is 29.1 Å². The molecular formula is C27H34F2N2O5Si. The summed E-state index contributed by atoms with van der Waals surface area (Å²) in [5.41, 5.74) is 1.60. The first kappa shape index (κ1) is 27.2. The number of carbonyl (C=O) groups is 2. The number of nitrogens with one attached hydrogen (secondary N) is 1. The summed E-state index contributed by atoms with van der Waals surface area (Å²) in [7, 11) is -0.721. The molecule has 0 spiro atoms. The van der Waals surface area contributed by atoms with Gasteiger partial charge in [-0.15, -0.1) is 0 Å². The molecule has 1 fully saturated rings. The third-order valence-electron chi connectivity index (χ3n) is 7.42. The van der Waals surface area contributed by atoms with E-state index in [1.807, 2.05) is 25.7 Å². The van der Waals surface area contributed by atoms with Crippen molar-refractivity contribution in [2.24, 2.45) is 11.8 Å². The summed E-state index contributed by atoms with van der Waals surface area (Å²) in [4.78, 5) is 26.4. The molecule has 7 nitrogen and oxygen atoms in total. The van der Waals surface area contributed by atoms with E-state index in [4.69, 9.17) is 9.84 Å². The fourth-order valence-corrected chi connectivity index (χ4v) is 7.19. The van der Waals surface area contributed by atoms with Crippen LogP contribution in [0.15, 0.2) is 30.3 Å². The first-order valence-corrected chi connectivity index (χ1v) is 16.0. The fraction of sp³-hybridized carbons (Fsp3) is 0.481. The van der Waals surface area contributed by atoms with Crippen molar-refractivity contribution in [1.29, 1.82) is 0 Å². The summed E-state index contributed by atoms with van der Waals surface area (Å²) in [5, 5.41) is 23.0. The number of aliphatic hydroxyl groups excluding tert-OH is 1. The van der Waals surface area contributed by atoms with Crippen LogP contribution >= 0.6 is 0 Å². The first-order chi connectivity index (χ1) is 17.4. The molecule has 0 radical (unpaired) electrons. The van der Waals surface area contributed by atoms with Gasteiger partial charge in [-0.05, 0) is 66.5 Å². The molecule has 1 aliphatic heterocycles. The Hall–Kier alpha value is -2.82. The number of aliphatic carboxylic acids is 1. The van der Waals surface area contributed by atoms with Gasteiger partial charge in [0, 0.05) is 23.8 Å². The Morgan fingerprint density at radius 3 is 2.38 bits per heavy atom. The number of carboxylic acids is 1. The zero-order chi connectivity index (χ0) is 27.1. The molecular weight excluding hydrogens is 498 g/mol. The Bertz CT molecular complexity index is 1170. The molecule has 4 rings (SSSR count). The third kappa shape index (κ3) is 5.71. The van der Waals surface area contributed by atoms with Crippen molar-refractivity contribution < 1.29 is 33.3 Å². The minimum absolute atomic E-state index is 0.00148. The highest BCUT2D eigenvalue weighted by Gasteiger charge is 2.43. The van der Waals surface area contributed by atoms with Crippen LogP contribution in [-0.2, 0) is 16.0 Å². The first-order valence-electron chi connectivity index (χ1n) is 12.5. The Balaban J connectivity index is 1.62. The standard InChI is InChI=1S/C27H34F2N2O5Si/c1-36-19-5-6-20-16(12-19)7-8-31(27(35)17-9-15(10-17)11-23(32)33)24(20)26(34)30-18-13-21(28)25(22(29)14-18)37(2,3)4/h5-6,12-15,17,24,27,35H,7-11H2,1-4H3,(H,30,34)(H,32,33)/t15?,17?,24-,27?/m1/s1. The van der Waals surface area contributed by atoms with Crippen molar-refractivity contribution in [3.63, 3.8) is 0 Å². The minimum Gasteiger partial charge on any atom is -0.497 e. The van der Waals surface area contributed by atoms with Crippen LogP contribution < -0.4 is 15.2 Å². The van der Waals surface area contributed by atoms with Gasteiger partial charge in [-0.2, -0.15) is 0 Å². The SMILES string of the molecule is COc1ccc2c(c1)CCN(C(O)C1CC(CC(=O)O)C1)[C@H]2C(=O)Nc1cc(F)c([Si](C)(C)C)c(F)c1. The maximum atomic E-state index is 14.9. The van der Waals surface area contributed by atoms with E-state index in [9.17, 15) is 23.5 Å². The lowest BCUT2D eigenvalue weighted by Gasteiger charge is -2.46. The van der Waals surface area contributed by atoms with Gasteiger partial charge in [0.1, 0.15) is 29.7 Å². The second-order valence-electron chi connectivity index (χ2n) is 11.1. The van der Waals surface area contributed by atoms with Gasteiger partial charge in [0.15, 0.2) is 0 Å². The van der Waals surface area contributed by atoms with Crippen LogP contribution in [-0.4, -0.2) is 54.9 Å². The fourth-order valence-electron chi connectivity index (χ4n) is 5.61. The van der Waals surface area contributed by atoms with Crippen molar-refractivity contribution in [3.05, 3.63) is 53.1 Å². The van der Waals surface area contributed by atoms with Crippen LogP contribution in [0.2, 0.25) is 19.6 Å². The summed E-state index contributed by atoms with van der Waals surface area (Å²) in [6.07, 6.45) is 0.788. The normalized spacial score (nSPS) is 22.5. The van der Waals surface area contributed by atoms with Crippen molar-refractivity contribution in [2.45, 2.75) is 57.6 Å². The Kier molecular flexibility index (Phi) is 7.73. The highest BCUT2D eigenvalue weighted by atomic mass is 28.3. The van der Waals surface area contributed by atoms with Crippen LogP contribution in [0.5, 0.6) is 5.75 Å². The number of ether oxygens (including phenoxy) is 1. The summed E-state index contributed by atoms with van der Waals surface area (Å²) >= 11 is 0. The van der Waals surface area contributed by atoms with E-state index >= 15 is 0 Å². The average Bonchev–Trinajstić information content (AvgIpc) is 2.77. The van der Waals surface area contributed by atoms with Gasteiger partial charge in [-0.3, -0.25) is 14.5 Å². The molecule has 2 atom stereocenters. The molecule has 1 amide bonds. The number of hydrogen-bond donors (Lipinski definition) is 3. The summed E-state index contributed by atoms with van der Waals surface area (Å²) < 4.78 is 35.0. The van der Waals surface area contributed by atoms with Crippen LogP contribution in [0.25, 0.3) is 0 Å². The van der Waals surface area contributed by atoms with E-state index in [1.54, 1.807) is 24.1 Å². The Labute approximate surface area is 216 Å². The summed E-state index contributed by atoms with van der Waals surface area (Å²) in [6, 6.07) is 6.77. The lowest BCUT2D eigenvalue weighted by molar-refractivity contribution is -0.144. The molecule has 0 bridgehead atoms. The van der Waals surface area contributed by atoms with Gasteiger partial charge >= 0.3 is 5.97 Å². The minimum atomic E-state index is -2.28. The number of benzene rings is 2. The van der Waals surface area contributed by atoms with E-state index in [1.165, 1.54) is 0 Å². The van der Waals surface area contributed by atoms with Gasteiger partial charge in [0.05, 0.1) is 15.2 Å². The molecule has 10 heteroatoms. The topological polar surface area (TPSA) is 99.1 Å². The zero-order valence-corrected chi connectivity index (χ0v) is 22.6. The lowest BCUT2D eigenvalue weighted by Crippen LogP contribution is -2.52. The molecule has 1 unspecified atom stereocenters. The van der Waals surface area contributed by atoms with E-state index in [0.29, 0.717) is 37.1 Å². The van der Waals surface area contributed by atoms with Gasteiger partial charge in [0.25, 0.3) is 0 Å². The number of aliphatic hydroxyl groups is 1. The number of halogens is 2. The predicted octanol–water partition coefficient (Wildman–Crippen LogP) is 3.88. The Morgan fingerprint density at radius 1 is 1.16 bits per heavy atom. The van der Waals surface area contributed by atoms with Crippen molar-refractivity contribution >= 4 is 30.8 Å². The molecule has 1 heterocycles. The zero-order valence-electron chi connectivity index (χ0n) is 21.6. The number of hydrogen-bond acceptors (Lipinski definition) is 5. The highest BCUT2D eigenvalue weighted by Crippen LogP contribution is 2.43. The molecule has 37 heavy (non-hydrogen) atoms. The monoisotopic (exact) mass is 532 g/mol. The van der Waals surface area contributed by atoms with E-state index < -0.39 is 43.9 Å². The van der Waals surface area contributed by atoms with Gasteiger partial charge in [-0.1, -0.05) is 25.7 Å². The van der Waals surface area contributed by atoms with Crippen molar-refractivity contribution in [3.8, 4) is 5.75 Å². The number of rotatable bonds is 8. The summed E-state index contributed by atoms with van der Waals surface area (Å²) in [5.74, 6) is -2.25. The number of carboxylic acid groups (broad SMARTS) is 1. The van der Waals surface area contributed by atoms with E-state index in [2.05, 4.69) is 5.32 Å². The molecule has 1 saturated carbocycles. The molecule has 1 aliphatic carbocycles. The third-order valence-corrected chi connectivity index (χ3v) is 9.40. The van der Waals surface area contributed by atoms with Crippen LogP contribution in [0.4, 0.5) is 14.5 Å². The number of anilines is 1. The molecule has 200 valence electrons. The van der Waals surface area contributed by atoms with Crippen LogP contribution in [0.3, 0.4) is 0 Å². The average molecular weight is 533 g/mol. The predicted molar refractivity (Wildman–Crippen MR) is 139 cm³/mol. The van der Waals surface area contributed by atoms with Gasteiger partial charge in [0.2, 0.25) is 5.91 Å². The molecule has 0 saturated heterocycles. The maximum absolute atomic E-state index is 14.9. The lowest BCUT2D eigenvalue weighted by atomic mass is 9.71. The Morgan fingerprint density at radius 2 is 1.81 bits per heavy atom. The number of carbonyl (C=O) groups excluding carboxylic acids is 1. The van der Waals surface area contributed by atoms with Gasteiger partial charge < -0.3 is 20.3 Å². The molecule has 3 N–H and O–H groups in total. The molecule has 0 aromatic heterocycles. The number of nitrogens with zero attached hydrogens (tertiary/aromatic N) is 1. The second-order valence-corrected chi connectivity index (χ2v) is 16.1. The van der Waals surface area contributed by atoms with Gasteiger partial charge in [-0.25, -0.2) is 8.78 Å². The number of fused-ring (bicyclic) bond motifs is 1. The second kappa shape index (κ2) is 10.5. The van der Waals surface area contributed by atoms with E-state index in [0.717, 1.165) is 17.7 Å². The smallest absolute Gasteiger partial charge is 0.303 e. The largest absolute Gasteiger partial charge is 0.497 e. The van der Waals surface area contributed by atoms with Crippen LogP contribution in [0.1, 0.15) is 36.4 Å². The molecule has 2 aromatic rings. The highest BCUT2D eigenvalue weighted by molar-refractivity contribution is 6.88. The number of amides is 1. The number of methoxy groups -OCH3 is 1. The quantitative estimate of drug-likeness (QED) is 0.447.